The van der Waals surface area contributed by atoms with Gasteiger partial charge < -0.3 is 4.74 Å². The van der Waals surface area contributed by atoms with Crippen LogP contribution >= 0.6 is 11.3 Å². The lowest BCUT2D eigenvalue weighted by atomic mass is 10.1. The summed E-state index contributed by atoms with van der Waals surface area (Å²) >= 11 is 1.50. The van der Waals surface area contributed by atoms with Crippen LogP contribution in [0.1, 0.15) is 10.7 Å². The van der Waals surface area contributed by atoms with Gasteiger partial charge in [-0.05, 0) is 24.6 Å². The minimum atomic E-state index is -0.464. The number of nitrogens with zero attached hydrogens (tertiary/aromatic N) is 1. The first-order valence-corrected chi connectivity index (χ1v) is 9.46. The molecule has 0 atom stereocenters. The lowest BCUT2D eigenvalue weighted by molar-refractivity contribution is -0.128. The molecule has 0 aliphatic carbocycles. The largest absolute Gasteiger partial charge is 0.483 e. The van der Waals surface area contributed by atoms with Gasteiger partial charge in [0.1, 0.15) is 5.75 Å². The Morgan fingerprint density at radius 1 is 1.07 bits per heavy atom. The first kappa shape index (κ1) is 19.3. The maximum absolute atomic E-state index is 12.0. The fourth-order valence-electron chi connectivity index (χ4n) is 2.42. The number of hydrazine groups is 1. The fraction of sp³-hybridized carbons (Fsp3) is 0.0952. The summed E-state index contributed by atoms with van der Waals surface area (Å²) in [5.74, 6) is -0.327. The number of aromatic nitrogens is 1. The molecule has 2 N–H and O–H groups in total. The maximum Gasteiger partial charge on any atom is 0.276 e. The second-order valence-corrected chi connectivity index (χ2v) is 6.88. The highest BCUT2D eigenvalue weighted by atomic mass is 32.1. The molecule has 0 aliphatic heterocycles. The number of thiazole rings is 1. The molecule has 1 aromatic heterocycles. The zero-order valence-electron chi connectivity index (χ0n) is 15.2. The molecule has 3 rings (SSSR count). The summed E-state index contributed by atoms with van der Waals surface area (Å²) in [5, 5.41) is 2.76. The molecule has 6 nitrogen and oxygen atoms in total. The molecule has 0 saturated carbocycles. The third-order valence-corrected chi connectivity index (χ3v) is 4.49. The van der Waals surface area contributed by atoms with Crippen molar-refractivity contribution < 1.29 is 14.3 Å². The summed E-state index contributed by atoms with van der Waals surface area (Å²) in [6.45, 7) is 1.66. The van der Waals surface area contributed by atoms with Crippen molar-refractivity contribution in [3.05, 3.63) is 76.8 Å². The maximum atomic E-state index is 12.0. The average Bonchev–Trinajstić information content (AvgIpc) is 3.15. The molecule has 28 heavy (non-hydrogen) atoms. The van der Waals surface area contributed by atoms with Gasteiger partial charge in [0, 0.05) is 17.0 Å². The van der Waals surface area contributed by atoms with Gasteiger partial charge in [-0.3, -0.25) is 20.4 Å². The molecule has 7 heteroatoms. The number of aryl methyl sites for hydroxylation is 1. The lowest BCUT2D eigenvalue weighted by Crippen LogP contribution is -2.43. The number of amides is 2. The summed E-state index contributed by atoms with van der Waals surface area (Å²) in [5.41, 5.74) is 7.22. The number of para-hydroxylation sites is 1. The molecule has 0 spiro atoms. The van der Waals surface area contributed by atoms with E-state index in [9.17, 15) is 9.59 Å². The van der Waals surface area contributed by atoms with Gasteiger partial charge >= 0.3 is 0 Å². The van der Waals surface area contributed by atoms with Crippen molar-refractivity contribution in [1.82, 2.24) is 15.8 Å². The van der Waals surface area contributed by atoms with Crippen molar-refractivity contribution in [3.63, 3.8) is 0 Å². The summed E-state index contributed by atoms with van der Waals surface area (Å²) < 4.78 is 5.63. The Bertz CT molecular complexity index is 983. The Labute approximate surface area is 166 Å². The van der Waals surface area contributed by atoms with Crippen LogP contribution in [0.15, 0.2) is 66.1 Å². The Morgan fingerprint density at radius 3 is 2.57 bits per heavy atom. The first-order valence-electron chi connectivity index (χ1n) is 8.58. The normalized spacial score (nSPS) is 10.6. The molecule has 0 aliphatic rings. The van der Waals surface area contributed by atoms with E-state index in [1.165, 1.54) is 17.4 Å². The molecule has 0 bridgehead atoms. The van der Waals surface area contributed by atoms with E-state index in [0.717, 1.165) is 16.1 Å². The van der Waals surface area contributed by atoms with Gasteiger partial charge in [-0.25, -0.2) is 4.98 Å². The van der Waals surface area contributed by atoms with Gasteiger partial charge in [-0.15, -0.1) is 11.3 Å². The van der Waals surface area contributed by atoms with Gasteiger partial charge in [-0.1, -0.05) is 48.5 Å². The van der Waals surface area contributed by atoms with E-state index in [2.05, 4.69) is 15.8 Å². The summed E-state index contributed by atoms with van der Waals surface area (Å²) in [6.07, 6.45) is 2.89. The third kappa shape index (κ3) is 5.52. The molecule has 0 radical (unpaired) electrons. The predicted molar refractivity (Wildman–Crippen MR) is 110 cm³/mol. The van der Waals surface area contributed by atoms with Crippen molar-refractivity contribution >= 4 is 29.2 Å². The molecule has 0 saturated heterocycles. The number of rotatable bonds is 6. The lowest BCUT2D eigenvalue weighted by Gasteiger charge is -2.11. The van der Waals surface area contributed by atoms with Crippen LogP contribution in [0.4, 0.5) is 0 Å². The van der Waals surface area contributed by atoms with Gasteiger partial charge in [-0.2, -0.15) is 0 Å². The number of hydrogen-bond donors (Lipinski definition) is 2. The van der Waals surface area contributed by atoms with E-state index in [-0.39, 0.29) is 6.61 Å². The third-order valence-electron chi connectivity index (χ3n) is 3.70. The van der Waals surface area contributed by atoms with Crippen molar-refractivity contribution in [3.8, 4) is 16.9 Å². The second-order valence-electron chi connectivity index (χ2n) is 5.81. The Kier molecular flexibility index (Phi) is 6.54. The first-order chi connectivity index (χ1) is 13.6. The smallest absolute Gasteiger partial charge is 0.276 e. The number of carbonyl (C=O) groups is 2. The number of carbonyl (C=O) groups excluding carboxylic acids is 2. The average molecular weight is 393 g/mol. The zero-order chi connectivity index (χ0) is 19.8. The number of hydrogen-bond acceptors (Lipinski definition) is 5. The van der Waals surface area contributed by atoms with Crippen LogP contribution in [0.5, 0.6) is 5.75 Å². The fourth-order valence-corrected chi connectivity index (χ4v) is 3.00. The zero-order valence-corrected chi connectivity index (χ0v) is 16.0. The van der Waals surface area contributed by atoms with Crippen molar-refractivity contribution in [2.75, 3.05) is 6.61 Å². The molecule has 3 aromatic rings. The van der Waals surface area contributed by atoms with E-state index < -0.39 is 11.8 Å². The van der Waals surface area contributed by atoms with Gasteiger partial charge in [0.15, 0.2) is 6.61 Å². The van der Waals surface area contributed by atoms with Crippen LogP contribution in [0.2, 0.25) is 0 Å². The van der Waals surface area contributed by atoms with Crippen LogP contribution in [0.3, 0.4) is 0 Å². The second kappa shape index (κ2) is 9.48. The topological polar surface area (TPSA) is 80.3 Å². The van der Waals surface area contributed by atoms with Crippen LogP contribution in [-0.2, 0) is 9.59 Å². The molecular weight excluding hydrogens is 374 g/mol. The Balaban J connectivity index is 1.50. The molecular formula is C21H19N3O3S. The molecule has 2 amide bonds. The van der Waals surface area contributed by atoms with E-state index in [0.29, 0.717) is 11.4 Å². The summed E-state index contributed by atoms with van der Waals surface area (Å²) in [6, 6.07) is 17.2. The molecule has 0 fully saturated rings. The van der Waals surface area contributed by atoms with Crippen LogP contribution < -0.4 is 15.6 Å². The highest BCUT2D eigenvalue weighted by Gasteiger charge is 2.08. The Morgan fingerprint density at radius 2 is 1.82 bits per heavy atom. The van der Waals surface area contributed by atoms with Crippen LogP contribution in [0, 0.1) is 6.92 Å². The van der Waals surface area contributed by atoms with Crippen LogP contribution in [0.25, 0.3) is 17.2 Å². The predicted octanol–water partition coefficient (Wildman–Crippen LogP) is 3.36. The van der Waals surface area contributed by atoms with Crippen molar-refractivity contribution in [2.24, 2.45) is 0 Å². The number of ether oxygens (including phenoxy) is 1. The van der Waals surface area contributed by atoms with Crippen molar-refractivity contribution in [1.29, 1.82) is 0 Å². The van der Waals surface area contributed by atoms with E-state index in [1.54, 1.807) is 12.1 Å². The highest BCUT2D eigenvalue weighted by molar-refractivity contribution is 7.09. The highest BCUT2D eigenvalue weighted by Crippen LogP contribution is 2.29. The van der Waals surface area contributed by atoms with Gasteiger partial charge in [0.2, 0.25) is 0 Å². The summed E-state index contributed by atoms with van der Waals surface area (Å²) in [7, 11) is 0. The Hall–Kier alpha value is -3.45. The minimum absolute atomic E-state index is 0.223. The standard InChI is InChI=1S/C21H19N3O3S/c1-15-22-17(14-28-15)11-12-20(25)23-24-21(26)13-27-19-10-6-5-9-18(19)16-7-3-2-4-8-16/h2-12,14H,13H2,1H3,(H,23,25)(H,24,26)/b12-11+. The molecule has 1 heterocycles. The van der Waals surface area contributed by atoms with E-state index in [1.807, 2.05) is 60.8 Å². The number of benzene rings is 2. The van der Waals surface area contributed by atoms with Gasteiger partial charge in [0.05, 0.1) is 10.7 Å². The minimum Gasteiger partial charge on any atom is -0.483 e. The van der Waals surface area contributed by atoms with Gasteiger partial charge in [0.25, 0.3) is 11.8 Å². The molecule has 0 unspecified atom stereocenters. The van der Waals surface area contributed by atoms with Crippen LogP contribution in [-0.4, -0.2) is 23.4 Å². The monoisotopic (exact) mass is 393 g/mol. The molecule has 142 valence electrons. The SMILES string of the molecule is Cc1nc(/C=C/C(=O)NNC(=O)COc2ccccc2-c2ccccc2)cs1. The quantitative estimate of drug-likeness (QED) is 0.497. The number of nitrogens with one attached hydrogen (secondary N) is 2. The van der Waals surface area contributed by atoms with E-state index in [4.69, 9.17) is 4.74 Å². The molecule has 2 aromatic carbocycles. The van der Waals surface area contributed by atoms with Crippen molar-refractivity contribution in [2.45, 2.75) is 6.92 Å². The summed E-state index contributed by atoms with van der Waals surface area (Å²) in [4.78, 5) is 27.9. The van der Waals surface area contributed by atoms with E-state index >= 15 is 0 Å².